The molecule has 1 N–H and O–H groups in total. The predicted octanol–water partition coefficient (Wildman–Crippen LogP) is 0.742. The van der Waals surface area contributed by atoms with Gasteiger partial charge in [-0.2, -0.15) is 0 Å². The van der Waals surface area contributed by atoms with E-state index in [9.17, 15) is 4.79 Å². The van der Waals surface area contributed by atoms with Gasteiger partial charge in [0.05, 0.1) is 12.7 Å². The molecule has 1 aliphatic rings. The maximum absolute atomic E-state index is 11.7. The number of hydrogen-bond acceptors (Lipinski definition) is 3. The van der Waals surface area contributed by atoms with Crippen LogP contribution in [-0.2, 0) is 4.79 Å². The Morgan fingerprint density at radius 3 is 2.56 bits per heavy atom. The molecule has 0 aromatic heterocycles. The third-order valence-corrected chi connectivity index (χ3v) is 3.30. The summed E-state index contributed by atoms with van der Waals surface area (Å²) in [5.74, 6) is 0.717. The SMILES string of the molecule is CCN(CC)CCN1C(=O)CNC1C(C)C. The molecule has 1 heterocycles. The highest BCUT2D eigenvalue weighted by molar-refractivity contribution is 5.80. The molecule has 1 amide bonds. The Kier molecular flexibility index (Phi) is 5.22. The number of nitrogens with one attached hydrogen (secondary N) is 1. The lowest BCUT2D eigenvalue weighted by Gasteiger charge is -2.29. The molecule has 94 valence electrons. The van der Waals surface area contributed by atoms with E-state index in [2.05, 4.69) is 37.9 Å². The largest absolute Gasteiger partial charge is 0.325 e. The summed E-state index contributed by atoms with van der Waals surface area (Å²) in [4.78, 5) is 16.1. The topological polar surface area (TPSA) is 35.6 Å². The highest BCUT2D eigenvalue weighted by Crippen LogP contribution is 2.13. The van der Waals surface area contributed by atoms with Crippen molar-refractivity contribution in [1.29, 1.82) is 0 Å². The van der Waals surface area contributed by atoms with Gasteiger partial charge in [-0.05, 0) is 19.0 Å². The number of hydrogen-bond donors (Lipinski definition) is 1. The van der Waals surface area contributed by atoms with Crippen molar-refractivity contribution in [1.82, 2.24) is 15.1 Å². The van der Waals surface area contributed by atoms with Gasteiger partial charge in [0, 0.05) is 13.1 Å². The highest BCUT2D eigenvalue weighted by Gasteiger charge is 2.31. The van der Waals surface area contributed by atoms with Gasteiger partial charge in [0.1, 0.15) is 0 Å². The molecule has 0 saturated carbocycles. The molecule has 1 saturated heterocycles. The summed E-state index contributed by atoms with van der Waals surface area (Å²) in [6, 6.07) is 0. The second-order valence-corrected chi connectivity index (χ2v) is 4.68. The van der Waals surface area contributed by atoms with Crippen molar-refractivity contribution >= 4 is 5.91 Å². The molecule has 1 unspecified atom stereocenters. The van der Waals surface area contributed by atoms with Crippen LogP contribution in [0.2, 0.25) is 0 Å². The van der Waals surface area contributed by atoms with Gasteiger partial charge in [-0.3, -0.25) is 10.1 Å². The van der Waals surface area contributed by atoms with Crippen molar-refractivity contribution in [3.8, 4) is 0 Å². The maximum Gasteiger partial charge on any atom is 0.237 e. The van der Waals surface area contributed by atoms with Crippen LogP contribution in [0.3, 0.4) is 0 Å². The summed E-state index contributed by atoms with van der Waals surface area (Å²) < 4.78 is 0. The van der Waals surface area contributed by atoms with E-state index in [0.29, 0.717) is 12.5 Å². The van der Waals surface area contributed by atoms with Crippen LogP contribution >= 0.6 is 0 Å². The fourth-order valence-electron chi connectivity index (χ4n) is 2.21. The van der Waals surface area contributed by atoms with Gasteiger partial charge in [0.25, 0.3) is 0 Å². The third-order valence-electron chi connectivity index (χ3n) is 3.30. The van der Waals surface area contributed by atoms with Gasteiger partial charge in [0.15, 0.2) is 0 Å². The first-order valence-electron chi connectivity index (χ1n) is 6.35. The number of carbonyl (C=O) groups excluding carboxylic acids is 1. The minimum atomic E-state index is 0.225. The summed E-state index contributed by atoms with van der Waals surface area (Å²) >= 11 is 0. The van der Waals surface area contributed by atoms with E-state index < -0.39 is 0 Å². The van der Waals surface area contributed by atoms with Crippen molar-refractivity contribution in [3.05, 3.63) is 0 Å². The molecule has 1 atom stereocenters. The van der Waals surface area contributed by atoms with Crippen LogP contribution in [0.1, 0.15) is 27.7 Å². The lowest BCUT2D eigenvalue weighted by Crippen LogP contribution is -2.45. The normalized spacial score (nSPS) is 21.5. The first kappa shape index (κ1) is 13.5. The predicted molar refractivity (Wildman–Crippen MR) is 66.1 cm³/mol. The van der Waals surface area contributed by atoms with Crippen LogP contribution in [0.5, 0.6) is 0 Å². The summed E-state index contributed by atoms with van der Waals surface area (Å²) in [6.07, 6.45) is 0.225. The molecule has 1 aliphatic heterocycles. The molecular formula is C12H25N3O. The fraction of sp³-hybridized carbons (Fsp3) is 0.917. The van der Waals surface area contributed by atoms with E-state index >= 15 is 0 Å². The van der Waals surface area contributed by atoms with Gasteiger partial charge >= 0.3 is 0 Å². The van der Waals surface area contributed by atoms with Crippen LogP contribution < -0.4 is 5.32 Å². The molecule has 0 radical (unpaired) electrons. The molecule has 16 heavy (non-hydrogen) atoms. The number of carbonyl (C=O) groups is 1. The van der Waals surface area contributed by atoms with Gasteiger partial charge in [0.2, 0.25) is 5.91 Å². The number of nitrogens with zero attached hydrogens (tertiary/aromatic N) is 2. The smallest absolute Gasteiger partial charge is 0.237 e. The van der Waals surface area contributed by atoms with E-state index in [-0.39, 0.29) is 12.1 Å². The molecular weight excluding hydrogens is 202 g/mol. The van der Waals surface area contributed by atoms with E-state index in [4.69, 9.17) is 0 Å². The zero-order valence-electron chi connectivity index (χ0n) is 11.0. The van der Waals surface area contributed by atoms with E-state index in [1.807, 2.05) is 4.90 Å². The van der Waals surface area contributed by atoms with Crippen LogP contribution in [0.4, 0.5) is 0 Å². The molecule has 4 nitrogen and oxygen atoms in total. The van der Waals surface area contributed by atoms with Gasteiger partial charge < -0.3 is 9.80 Å². The van der Waals surface area contributed by atoms with Crippen LogP contribution in [0.25, 0.3) is 0 Å². The monoisotopic (exact) mass is 227 g/mol. The number of likely N-dealkylation sites (N-methyl/N-ethyl adjacent to an activating group) is 1. The van der Waals surface area contributed by atoms with Gasteiger partial charge in [-0.1, -0.05) is 27.7 Å². The fourth-order valence-corrected chi connectivity index (χ4v) is 2.21. The molecule has 0 spiro atoms. The second-order valence-electron chi connectivity index (χ2n) is 4.68. The molecule has 0 aromatic carbocycles. The Hall–Kier alpha value is -0.610. The number of amides is 1. The van der Waals surface area contributed by atoms with Crippen LogP contribution in [-0.4, -0.2) is 54.6 Å². The van der Waals surface area contributed by atoms with Crippen LogP contribution in [0.15, 0.2) is 0 Å². The molecule has 0 aliphatic carbocycles. The average molecular weight is 227 g/mol. The Morgan fingerprint density at radius 1 is 1.44 bits per heavy atom. The lowest BCUT2D eigenvalue weighted by atomic mass is 10.1. The Bertz CT molecular complexity index is 226. The Balaban J connectivity index is 2.47. The molecule has 1 fully saturated rings. The van der Waals surface area contributed by atoms with Gasteiger partial charge in [-0.15, -0.1) is 0 Å². The van der Waals surface area contributed by atoms with Crippen molar-refractivity contribution in [2.75, 3.05) is 32.7 Å². The molecule has 0 bridgehead atoms. The van der Waals surface area contributed by atoms with Crippen molar-refractivity contribution in [2.24, 2.45) is 5.92 Å². The average Bonchev–Trinajstić information content (AvgIpc) is 2.62. The minimum absolute atomic E-state index is 0.225. The summed E-state index contributed by atoms with van der Waals surface area (Å²) in [5.41, 5.74) is 0. The van der Waals surface area contributed by atoms with E-state index in [0.717, 1.165) is 26.2 Å². The highest BCUT2D eigenvalue weighted by atomic mass is 16.2. The van der Waals surface area contributed by atoms with E-state index in [1.54, 1.807) is 0 Å². The summed E-state index contributed by atoms with van der Waals surface area (Å²) in [7, 11) is 0. The lowest BCUT2D eigenvalue weighted by molar-refractivity contribution is -0.128. The Labute approximate surface area is 99.0 Å². The number of rotatable bonds is 6. The van der Waals surface area contributed by atoms with Gasteiger partial charge in [-0.25, -0.2) is 0 Å². The zero-order valence-corrected chi connectivity index (χ0v) is 11.0. The second kappa shape index (κ2) is 6.21. The first-order chi connectivity index (χ1) is 7.60. The first-order valence-corrected chi connectivity index (χ1v) is 6.35. The maximum atomic E-state index is 11.7. The zero-order chi connectivity index (χ0) is 12.1. The van der Waals surface area contributed by atoms with E-state index in [1.165, 1.54) is 0 Å². The summed E-state index contributed by atoms with van der Waals surface area (Å²) in [6.45, 7) is 13.1. The molecule has 4 heteroatoms. The van der Waals surface area contributed by atoms with Crippen molar-refractivity contribution < 1.29 is 4.79 Å². The minimum Gasteiger partial charge on any atom is -0.325 e. The molecule has 0 aromatic rings. The Morgan fingerprint density at radius 2 is 2.06 bits per heavy atom. The molecule has 1 rings (SSSR count). The third kappa shape index (κ3) is 3.19. The van der Waals surface area contributed by atoms with Crippen molar-refractivity contribution in [3.63, 3.8) is 0 Å². The quantitative estimate of drug-likeness (QED) is 0.727. The van der Waals surface area contributed by atoms with Crippen LogP contribution in [0, 0.1) is 5.92 Å². The van der Waals surface area contributed by atoms with Crippen molar-refractivity contribution in [2.45, 2.75) is 33.9 Å². The summed E-state index contributed by atoms with van der Waals surface area (Å²) in [5, 5.41) is 3.27. The standard InChI is InChI=1S/C12H25N3O/c1-5-14(6-2)7-8-15-11(16)9-13-12(15)10(3)4/h10,12-13H,5-9H2,1-4H3.